The Bertz CT molecular complexity index is 301. The summed E-state index contributed by atoms with van der Waals surface area (Å²) < 4.78 is 0. The first-order valence-electron chi connectivity index (χ1n) is 7.17. The van der Waals surface area contributed by atoms with E-state index in [4.69, 9.17) is 0 Å². The molecule has 94 valence electrons. The van der Waals surface area contributed by atoms with E-state index in [1.54, 1.807) is 0 Å². The summed E-state index contributed by atoms with van der Waals surface area (Å²) in [5.41, 5.74) is 1.48. The van der Waals surface area contributed by atoms with Crippen LogP contribution >= 0.6 is 0 Å². The summed E-state index contributed by atoms with van der Waals surface area (Å²) in [5.74, 6) is 0.893. The molecule has 0 aromatic heterocycles. The van der Waals surface area contributed by atoms with Gasteiger partial charge in [-0.05, 0) is 37.3 Å². The third kappa shape index (κ3) is 3.85. The Morgan fingerprint density at radius 3 is 2.47 bits per heavy atom. The minimum absolute atomic E-state index is 0.683. The molecule has 1 nitrogen and oxygen atoms in total. The lowest BCUT2D eigenvalue weighted by Crippen LogP contribution is -2.38. The minimum Gasteiger partial charge on any atom is -0.314 e. The number of rotatable bonds is 5. The molecule has 0 spiro atoms. The zero-order valence-electron chi connectivity index (χ0n) is 11.0. The molecular weight excluding hydrogens is 206 g/mol. The molecule has 2 rings (SSSR count). The van der Waals surface area contributed by atoms with Gasteiger partial charge in [-0.15, -0.1) is 0 Å². The highest BCUT2D eigenvalue weighted by atomic mass is 14.9. The Hall–Kier alpha value is -0.820. The largest absolute Gasteiger partial charge is 0.314 e. The van der Waals surface area contributed by atoms with Crippen molar-refractivity contribution in [3.8, 4) is 0 Å². The number of benzene rings is 1. The van der Waals surface area contributed by atoms with E-state index in [0.29, 0.717) is 6.04 Å². The molecule has 1 heteroatoms. The van der Waals surface area contributed by atoms with Crippen LogP contribution in [0.1, 0.15) is 44.6 Å². The lowest BCUT2D eigenvalue weighted by atomic mass is 9.81. The van der Waals surface area contributed by atoms with Gasteiger partial charge in [-0.3, -0.25) is 0 Å². The Labute approximate surface area is 106 Å². The monoisotopic (exact) mass is 231 g/mol. The molecule has 1 fully saturated rings. The highest BCUT2D eigenvalue weighted by molar-refractivity contribution is 5.16. The SMILES string of the molecule is CCNC(Cc1ccccc1)C1CCCCC1. The molecule has 1 aromatic carbocycles. The van der Waals surface area contributed by atoms with E-state index in [0.717, 1.165) is 12.5 Å². The van der Waals surface area contributed by atoms with Gasteiger partial charge in [0, 0.05) is 6.04 Å². The van der Waals surface area contributed by atoms with Gasteiger partial charge in [-0.1, -0.05) is 56.5 Å². The fourth-order valence-electron chi connectivity index (χ4n) is 3.07. The van der Waals surface area contributed by atoms with Gasteiger partial charge in [0.1, 0.15) is 0 Å². The summed E-state index contributed by atoms with van der Waals surface area (Å²) >= 11 is 0. The highest BCUT2D eigenvalue weighted by Gasteiger charge is 2.22. The van der Waals surface area contributed by atoms with Crippen molar-refractivity contribution in [1.82, 2.24) is 5.32 Å². The van der Waals surface area contributed by atoms with Crippen LogP contribution in [0.5, 0.6) is 0 Å². The third-order valence-corrected chi connectivity index (χ3v) is 3.98. The molecule has 0 bridgehead atoms. The zero-order chi connectivity index (χ0) is 11.9. The smallest absolute Gasteiger partial charge is 0.0136 e. The molecular formula is C16H25N. The van der Waals surface area contributed by atoms with Crippen molar-refractivity contribution in [2.45, 2.75) is 51.5 Å². The highest BCUT2D eigenvalue weighted by Crippen LogP contribution is 2.28. The van der Waals surface area contributed by atoms with Crippen LogP contribution < -0.4 is 5.32 Å². The molecule has 0 heterocycles. The van der Waals surface area contributed by atoms with Crippen molar-refractivity contribution >= 4 is 0 Å². The standard InChI is InChI=1S/C16H25N/c1-2-17-16(15-11-7-4-8-12-15)13-14-9-5-3-6-10-14/h3,5-6,9-10,15-17H,2,4,7-8,11-13H2,1H3. The number of likely N-dealkylation sites (N-methyl/N-ethyl adjacent to an activating group) is 1. The second kappa shape index (κ2) is 6.80. The van der Waals surface area contributed by atoms with E-state index in [1.165, 1.54) is 44.1 Å². The summed E-state index contributed by atoms with van der Waals surface area (Å²) in [7, 11) is 0. The van der Waals surface area contributed by atoms with E-state index < -0.39 is 0 Å². The van der Waals surface area contributed by atoms with Crippen LogP contribution in [0.3, 0.4) is 0 Å². The predicted molar refractivity (Wildman–Crippen MR) is 74.2 cm³/mol. The summed E-state index contributed by atoms with van der Waals surface area (Å²) in [4.78, 5) is 0. The fourth-order valence-corrected chi connectivity index (χ4v) is 3.07. The molecule has 1 aromatic rings. The van der Waals surface area contributed by atoms with Gasteiger partial charge in [-0.25, -0.2) is 0 Å². The van der Waals surface area contributed by atoms with Crippen LogP contribution in [0, 0.1) is 5.92 Å². The van der Waals surface area contributed by atoms with Gasteiger partial charge in [0.2, 0.25) is 0 Å². The minimum atomic E-state index is 0.683. The zero-order valence-corrected chi connectivity index (χ0v) is 11.0. The Kier molecular flexibility index (Phi) is 5.06. The Morgan fingerprint density at radius 1 is 1.12 bits per heavy atom. The van der Waals surface area contributed by atoms with Gasteiger partial charge < -0.3 is 5.32 Å². The molecule has 1 atom stereocenters. The lowest BCUT2D eigenvalue weighted by molar-refractivity contribution is 0.269. The molecule has 1 aliphatic carbocycles. The first-order chi connectivity index (χ1) is 8.40. The Balaban J connectivity index is 1.96. The number of hydrogen-bond donors (Lipinski definition) is 1. The van der Waals surface area contributed by atoms with Crippen LogP contribution in [0.15, 0.2) is 30.3 Å². The van der Waals surface area contributed by atoms with Crippen LogP contribution in [0.2, 0.25) is 0 Å². The first-order valence-corrected chi connectivity index (χ1v) is 7.17. The topological polar surface area (TPSA) is 12.0 Å². The molecule has 1 N–H and O–H groups in total. The quantitative estimate of drug-likeness (QED) is 0.813. The van der Waals surface area contributed by atoms with Gasteiger partial charge in [-0.2, -0.15) is 0 Å². The van der Waals surface area contributed by atoms with Crippen molar-refractivity contribution in [2.24, 2.45) is 5.92 Å². The van der Waals surface area contributed by atoms with Crippen LogP contribution in [-0.4, -0.2) is 12.6 Å². The average molecular weight is 231 g/mol. The van der Waals surface area contributed by atoms with Crippen molar-refractivity contribution in [1.29, 1.82) is 0 Å². The molecule has 0 saturated heterocycles. The molecule has 0 radical (unpaired) electrons. The Morgan fingerprint density at radius 2 is 1.82 bits per heavy atom. The molecule has 0 aliphatic heterocycles. The molecule has 0 amide bonds. The van der Waals surface area contributed by atoms with Crippen molar-refractivity contribution in [3.63, 3.8) is 0 Å². The van der Waals surface area contributed by atoms with E-state index >= 15 is 0 Å². The predicted octanol–water partition coefficient (Wildman–Crippen LogP) is 3.79. The maximum atomic E-state index is 3.70. The van der Waals surface area contributed by atoms with Crippen molar-refractivity contribution in [3.05, 3.63) is 35.9 Å². The molecule has 1 aliphatic rings. The molecule has 17 heavy (non-hydrogen) atoms. The van der Waals surface area contributed by atoms with Crippen molar-refractivity contribution < 1.29 is 0 Å². The average Bonchev–Trinajstić information content (AvgIpc) is 2.40. The third-order valence-electron chi connectivity index (χ3n) is 3.98. The van der Waals surface area contributed by atoms with E-state index in [-0.39, 0.29) is 0 Å². The second-order valence-corrected chi connectivity index (χ2v) is 5.25. The van der Waals surface area contributed by atoms with Crippen LogP contribution in [0.4, 0.5) is 0 Å². The first kappa shape index (κ1) is 12.6. The van der Waals surface area contributed by atoms with E-state index in [9.17, 15) is 0 Å². The fraction of sp³-hybridized carbons (Fsp3) is 0.625. The van der Waals surface area contributed by atoms with Gasteiger partial charge >= 0.3 is 0 Å². The summed E-state index contributed by atoms with van der Waals surface area (Å²) in [6.45, 7) is 3.31. The van der Waals surface area contributed by atoms with Gasteiger partial charge in [0.05, 0.1) is 0 Å². The molecule has 1 unspecified atom stereocenters. The lowest BCUT2D eigenvalue weighted by Gasteiger charge is -2.31. The van der Waals surface area contributed by atoms with Gasteiger partial charge in [0.15, 0.2) is 0 Å². The van der Waals surface area contributed by atoms with Crippen LogP contribution in [-0.2, 0) is 6.42 Å². The van der Waals surface area contributed by atoms with E-state index in [1.807, 2.05) is 0 Å². The maximum Gasteiger partial charge on any atom is 0.0136 e. The van der Waals surface area contributed by atoms with Crippen LogP contribution in [0.25, 0.3) is 0 Å². The maximum absolute atomic E-state index is 3.70. The summed E-state index contributed by atoms with van der Waals surface area (Å²) in [6.07, 6.45) is 8.34. The normalized spacial score (nSPS) is 19.1. The summed E-state index contributed by atoms with van der Waals surface area (Å²) in [5, 5.41) is 3.70. The second-order valence-electron chi connectivity index (χ2n) is 5.25. The van der Waals surface area contributed by atoms with Crippen molar-refractivity contribution in [2.75, 3.05) is 6.54 Å². The van der Waals surface area contributed by atoms with Gasteiger partial charge in [0.25, 0.3) is 0 Å². The van der Waals surface area contributed by atoms with E-state index in [2.05, 4.69) is 42.6 Å². The number of nitrogens with one attached hydrogen (secondary N) is 1. The number of hydrogen-bond acceptors (Lipinski definition) is 1. The molecule has 1 saturated carbocycles. The summed E-state index contributed by atoms with van der Waals surface area (Å²) in [6, 6.07) is 11.6.